The third kappa shape index (κ3) is 5.33. The van der Waals surface area contributed by atoms with Crippen molar-refractivity contribution in [2.75, 3.05) is 26.2 Å². The minimum Gasteiger partial charge on any atom is -0.494 e. The summed E-state index contributed by atoms with van der Waals surface area (Å²) in [5, 5.41) is 8.64. The maximum Gasteiger partial charge on any atom is 0.270 e. The summed E-state index contributed by atoms with van der Waals surface area (Å²) in [7, 11) is 0. The van der Waals surface area contributed by atoms with Gasteiger partial charge in [0.05, 0.1) is 6.61 Å². The van der Waals surface area contributed by atoms with Crippen molar-refractivity contribution in [2.24, 2.45) is 0 Å². The fourth-order valence-corrected chi connectivity index (χ4v) is 2.76. The molecule has 23 heavy (non-hydrogen) atoms. The highest BCUT2D eigenvalue weighted by molar-refractivity contribution is 7.13. The van der Waals surface area contributed by atoms with Gasteiger partial charge in [0.1, 0.15) is 16.5 Å². The van der Waals surface area contributed by atoms with Gasteiger partial charge in [-0.2, -0.15) is 0 Å². The van der Waals surface area contributed by atoms with Crippen LogP contribution in [-0.4, -0.2) is 37.1 Å². The maximum atomic E-state index is 12.0. The van der Waals surface area contributed by atoms with Crippen LogP contribution in [0.15, 0.2) is 29.6 Å². The number of thiazole rings is 1. The van der Waals surface area contributed by atoms with Crippen LogP contribution in [0, 0.1) is 0 Å². The summed E-state index contributed by atoms with van der Waals surface area (Å²) in [6, 6.07) is 7.80. The summed E-state index contributed by atoms with van der Waals surface area (Å²) in [4.78, 5) is 16.4. The van der Waals surface area contributed by atoms with Crippen molar-refractivity contribution >= 4 is 17.2 Å². The van der Waals surface area contributed by atoms with E-state index in [1.807, 2.05) is 31.2 Å². The minimum atomic E-state index is -0.131. The number of carbonyl (C=O) groups excluding carboxylic acids is 1. The van der Waals surface area contributed by atoms with Gasteiger partial charge in [0.25, 0.3) is 5.91 Å². The number of ether oxygens (including phenoxy) is 1. The van der Waals surface area contributed by atoms with Crippen LogP contribution in [0.5, 0.6) is 5.75 Å². The van der Waals surface area contributed by atoms with Crippen LogP contribution < -0.4 is 15.4 Å². The number of likely N-dealkylation sites (N-methyl/N-ethyl adjacent to an activating group) is 1. The fraction of sp³-hybridized carbons (Fsp3) is 0.412. The lowest BCUT2D eigenvalue weighted by atomic mass is 10.2. The number of nitrogens with zero attached hydrogens (tertiary/aromatic N) is 1. The van der Waals surface area contributed by atoms with Gasteiger partial charge in [0.15, 0.2) is 0 Å². The van der Waals surface area contributed by atoms with Crippen LogP contribution in [-0.2, 0) is 0 Å². The molecule has 2 rings (SSSR count). The average Bonchev–Trinajstić information content (AvgIpc) is 3.07. The van der Waals surface area contributed by atoms with E-state index in [1.165, 1.54) is 11.3 Å². The molecule has 1 aromatic heterocycles. The highest BCUT2D eigenvalue weighted by Crippen LogP contribution is 2.25. The van der Waals surface area contributed by atoms with Crippen molar-refractivity contribution in [1.82, 2.24) is 15.6 Å². The maximum absolute atomic E-state index is 12.0. The molecule has 0 aliphatic heterocycles. The molecule has 6 heteroatoms. The summed E-state index contributed by atoms with van der Waals surface area (Å²) < 4.78 is 5.57. The lowest BCUT2D eigenvalue weighted by molar-refractivity contribution is 0.0950. The summed E-state index contributed by atoms with van der Waals surface area (Å²) in [6.07, 6.45) is 0.987. The molecule has 1 heterocycles. The Bertz CT molecular complexity index is 611. The summed E-state index contributed by atoms with van der Waals surface area (Å²) in [6.45, 7) is 7.09. The molecule has 2 aromatic rings. The monoisotopic (exact) mass is 333 g/mol. The molecule has 0 spiro atoms. The molecule has 0 fully saturated rings. The number of amides is 1. The number of hydrogen-bond donors (Lipinski definition) is 2. The van der Waals surface area contributed by atoms with Gasteiger partial charge < -0.3 is 15.4 Å². The van der Waals surface area contributed by atoms with E-state index in [9.17, 15) is 4.79 Å². The summed E-state index contributed by atoms with van der Waals surface area (Å²) >= 11 is 1.47. The molecule has 0 unspecified atom stereocenters. The molecule has 2 N–H and O–H groups in total. The summed E-state index contributed by atoms with van der Waals surface area (Å²) in [5.41, 5.74) is 1.46. The van der Waals surface area contributed by atoms with E-state index in [1.54, 1.807) is 5.38 Å². The first kappa shape index (κ1) is 17.4. The Kier molecular flexibility index (Phi) is 7.03. The van der Waals surface area contributed by atoms with Crippen molar-refractivity contribution in [3.63, 3.8) is 0 Å². The van der Waals surface area contributed by atoms with Crippen LogP contribution in [0.25, 0.3) is 10.6 Å². The molecule has 0 atom stereocenters. The van der Waals surface area contributed by atoms with E-state index in [0.717, 1.165) is 35.8 Å². The quantitative estimate of drug-likeness (QED) is 0.693. The third-order valence-electron chi connectivity index (χ3n) is 3.15. The molecule has 0 saturated heterocycles. The number of hydrogen-bond acceptors (Lipinski definition) is 5. The van der Waals surface area contributed by atoms with E-state index < -0.39 is 0 Å². The lowest BCUT2D eigenvalue weighted by Crippen LogP contribution is -2.31. The molecule has 5 nitrogen and oxygen atoms in total. The van der Waals surface area contributed by atoms with Crippen molar-refractivity contribution in [2.45, 2.75) is 20.3 Å². The van der Waals surface area contributed by atoms with E-state index >= 15 is 0 Å². The van der Waals surface area contributed by atoms with Crippen molar-refractivity contribution < 1.29 is 9.53 Å². The first-order valence-electron chi connectivity index (χ1n) is 7.92. The Morgan fingerprint density at radius 1 is 1.22 bits per heavy atom. The van der Waals surface area contributed by atoms with E-state index in [2.05, 4.69) is 22.5 Å². The SMILES string of the molecule is CCCOc1ccc(-c2nc(C(=O)NCCNCC)cs2)cc1. The second kappa shape index (κ2) is 9.27. The van der Waals surface area contributed by atoms with Gasteiger partial charge in [-0.25, -0.2) is 4.98 Å². The molecule has 1 amide bonds. The zero-order chi connectivity index (χ0) is 16.5. The van der Waals surface area contributed by atoms with Gasteiger partial charge in [-0.1, -0.05) is 13.8 Å². The zero-order valence-electron chi connectivity index (χ0n) is 13.6. The molecule has 1 aromatic carbocycles. The Labute approximate surface area is 141 Å². The predicted molar refractivity (Wildman–Crippen MR) is 94.2 cm³/mol. The normalized spacial score (nSPS) is 10.5. The smallest absolute Gasteiger partial charge is 0.270 e. The Balaban J connectivity index is 1.94. The largest absolute Gasteiger partial charge is 0.494 e. The van der Waals surface area contributed by atoms with E-state index in [4.69, 9.17) is 4.74 Å². The van der Waals surface area contributed by atoms with Gasteiger partial charge in [-0.3, -0.25) is 4.79 Å². The van der Waals surface area contributed by atoms with Gasteiger partial charge >= 0.3 is 0 Å². The van der Waals surface area contributed by atoms with Crippen molar-refractivity contribution in [3.8, 4) is 16.3 Å². The van der Waals surface area contributed by atoms with Gasteiger partial charge in [0, 0.05) is 24.0 Å². The molecule has 124 valence electrons. The van der Waals surface area contributed by atoms with E-state index in [-0.39, 0.29) is 5.91 Å². The molecule has 0 bridgehead atoms. The highest BCUT2D eigenvalue weighted by atomic mass is 32.1. The fourth-order valence-electron chi connectivity index (χ4n) is 1.96. The van der Waals surface area contributed by atoms with Crippen LogP contribution in [0.3, 0.4) is 0 Å². The highest BCUT2D eigenvalue weighted by Gasteiger charge is 2.11. The average molecular weight is 333 g/mol. The molecule has 0 saturated carbocycles. The second-order valence-electron chi connectivity index (χ2n) is 5.02. The molecule has 0 aliphatic rings. The number of rotatable bonds is 9. The molecular formula is C17H23N3O2S. The Morgan fingerprint density at radius 3 is 2.70 bits per heavy atom. The van der Waals surface area contributed by atoms with Crippen LogP contribution in [0.1, 0.15) is 30.8 Å². The number of aromatic nitrogens is 1. The van der Waals surface area contributed by atoms with Gasteiger partial charge in [-0.15, -0.1) is 11.3 Å². The van der Waals surface area contributed by atoms with Crippen molar-refractivity contribution in [3.05, 3.63) is 35.3 Å². The molecule has 0 aliphatic carbocycles. The van der Waals surface area contributed by atoms with Crippen LogP contribution >= 0.6 is 11.3 Å². The number of benzene rings is 1. The second-order valence-corrected chi connectivity index (χ2v) is 5.88. The third-order valence-corrected chi connectivity index (χ3v) is 4.04. The van der Waals surface area contributed by atoms with Crippen molar-refractivity contribution in [1.29, 1.82) is 0 Å². The standard InChI is InChI=1S/C17H23N3O2S/c1-3-11-22-14-7-5-13(6-8-14)17-20-15(12-23-17)16(21)19-10-9-18-4-2/h5-8,12,18H,3-4,9-11H2,1-2H3,(H,19,21). The number of carbonyl (C=O) groups is 1. The molecule has 0 radical (unpaired) electrons. The lowest BCUT2D eigenvalue weighted by Gasteiger charge is -2.04. The number of nitrogens with one attached hydrogen (secondary N) is 2. The van der Waals surface area contributed by atoms with E-state index in [0.29, 0.717) is 18.8 Å². The van der Waals surface area contributed by atoms with Gasteiger partial charge in [-0.05, 0) is 37.2 Å². The first-order valence-corrected chi connectivity index (χ1v) is 8.80. The predicted octanol–water partition coefficient (Wildman–Crippen LogP) is 2.94. The van der Waals surface area contributed by atoms with Crippen LogP contribution in [0.4, 0.5) is 0 Å². The van der Waals surface area contributed by atoms with Gasteiger partial charge in [0.2, 0.25) is 0 Å². The molecular weight excluding hydrogens is 310 g/mol. The summed E-state index contributed by atoms with van der Waals surface area (Å²) in [5.74, 6) is 0.724. The van der Waals surface area contributed by atoms with Crippen LogP contribution in [0.2, 0.25) is 0 Å². The zero-order valence-corrected chi connectivity index (χ0v) is 14.4. The Morgan fingerprint density at radius 2 is 2.00 bits per heavy atom. The first-order chi connectivity index (χ1) is 11.2. The topological polar surface area (TPSA) is 63.2 Å². The minimum absolute atomic E-state index is 0.131. The Hall–Kier alpha value is -1.92.